The monoisotopic (exact) mass is 501 g/mol. The van der Waals surface area contributed by atoms with Crippen LogP contribution in [0.5, 0.6) is 11.5 Å². The van der Waals surface area contributed by atoms with Crippen molar-refractivity contribution in [1.29, 1.82) is 0 Å². The first kappa shape index (κ1) is 25.6. The van der Waals surface area contributed by atoms with Crippen LogP contribution in [0.4, 0.5) is 14.5 Å². The lowest BCUT2D eigenvalue weighted by Crippen LogP contribution is -2.20. The molecule has 3 aromatic carbocycles. The molecule has 3 aromatic rings. The van der Waals surface area contributed by atoms with Gasteiger partial charge in [-0.3, -0.25) is 9.59 Å². The molecule has 0 aliphatic rings. The maximum absolute atomic E-state index is 13.0. The van der Waals surface area contributed by atoms with Crippen LogP contribution in [-0.2, 0) is 16.0 Å². The Hall–Kier alpha value is -3.98. The van der Waals surface area contributed by atoms with Gasteiger partial charge in [-0.1, -0.05) is 23.7 Å². The first-order valence-electron chi connectivity index (χ1n) is 10.5. The van der Waals surface area contributed by atoms with Gasteiger partial charge in [0.2, 0.25) is 5.91 Å². The van der Waals surface area contributed by atoms with Crippen molar-refractivity contribution in [3.63, 3.8) is 0 Å². The number of nitrogens with one attached hydrogen (secondary N) is 2. The summed E-state index contributed by atoms with van der Waals surface area (Å²) >= 11 is 6.33. The molecule has 0 atom stereocenters. The van der Waals surface area contributed by atoms with Gasteiger partial charge in [-0.25, -0.2) is 14.2 Å². The van der Waals surface area contributed by atoms with Gasteiger partial charge in [0.05, 0.1) is 24.3 Å². The molecular formula is C25H22ClF2N3O4. The van der Waals surface area contributed by atoms with Gasteiger partial charge in [0.25, 0.3) is 5.91 Å². The van der Waals surface area contributed by atoms with Crippen molar-refractivity contribution < 1.29 is 27.8 Å². The molecule has 0 fully saturated rings. The molecule has 2 N–H and O–H groups in total. The minimum Gasteiger partial charge on any atom is -0.490 e. The summed E-state index contributed by atoms with van der Waals surface area (Å²) in [6.45, 7) is 1.73. The van der Waals surface area contributed by atoms with E-state index in [2.05, 4.69) is 15.8 Å². The molecule has 0 spiro atoms. The fourth-order valence-corrected chi connectivity index (χ4v) is 3.21. The second-order valence-corrected chi connectivity index (χ2v) is 7.61. The Bertz CT molecular complexity index is 1200. The van der Waals surface area contributed by atoms with E-state index in [0.717, 1.165) is 0 Å². The van der Waals surface area contributed by atoms with E-state index in [1.165, 1.54) is 60.8 Å². The molecule has 3 rings (SSSR count). The van der Waals surface area contributed by atoms with E-state index in [0.29, 0.717) is 23.4 Å². The van der Waals surface area contributed by atoms with Crippen molar-refractivity contribution >= 4 is 35.3 Å². The van der Waals surface area contributed by atoms with Crippen LogP contribution >= 0.6 is 11.6 Å². The fraction of sp³-hybridized carbons (Fsp3) is 0.160. The molecule has 35 heavy (non-hydrogen) atoms. The summed E-state index contributed by atoms with van der Waals surface area (Å²) in [5.74, 6) is -1.19. The van der Waals surface area contributed by atoms with Gasteiger partial charge >= 0.3 is 0 Å². The van der Waals surface area contributed by atoms with Gasteiger partial charge < -0.3 is 14.8 Å². The highest BCUT2D eigenvalue weighted by atomic mass is 35.5. The van der Waals surface area contributed by atoms with Crippen molar-refractivity contribution in [2.45, 2.75) is 13.3 Å². The largest absolute Gasteiger partial charge is 0.490 e. The molecule has 0 aromatic heterocycles. The standard InChI is InChI=1S/C25H22ClF2N3O4/c1-2-34-22-12-17(14-29-31-23(32)13-16-3-5-18(27)6-4-16)11-21(26)25(22)35-15-24(33)30-20-9-7-19(28)8-10-20/h3-12,14H,2,13,15H2,1H3,(H,30,33)(H,31,32)/b29-14+. The molecule has 0 saturated heterocycles. The molecule has 0 heterocycles. The molecule has 10 heteroatoms. The van der Waals surface area contributed by atoms with Crippen LogP contribution in [0, 0.1) is 11.6 Å². The number of hydrogen-bond donors (Lipinski definition) is 2. The molecule has 182 valence electrons. The van der Waals surface area contributed by atoms with Crippen LogP contribution in [0.15, 0.2) is 65.8 Å². The topological polar surface area (TPSA) is 89.0 Å². The third-order valence-corrected chi connectivity index (χ3v) is 4.77. The predicted molar refractivity (Wildman–Crippen MR) is 129 cm³/mol. The van der Waals surface area contributed by atoms with E-state index in [1.54, 1.807) is 13.0 Å². The second-order valence-electron chi connectivity index (χ2n) is 7.20. The number of hydrogen-bond acceptors (Lipinski definition) is 5. The van der Waals surface area contributed by atoms with E-state index in [1.807, 2.05) is 0 Å². The van der Waals surface area contributed by atoms with E-state index < -0.39 is 11.7 Å². The minimum atomic E-state index is -0.468. The molecule has 0 unspecified atom stereocenters. The van der Waals surface area contributed by atoms with Gasteiger partial charge in [0.1, 0.15) is 11.6 Å². The molecular weight excluding hydrogens is 480 g/mol. The molecule has 0 aliphatic heterocycles. The molecule has 0 bridgehead atoms. The zero-order valence-electron chi connectivity index (χ0n) is 18.7. The Morgan fingerprint density at radius 3 is 2.29 bits per heavy atom. The van der Waals surface area contributed by atoms with Crippen LogP contribution in [-0.4, -0.2) is 31.2 Å². The van der Waals surface area contributed by atoms with Crippen LogP contribution in [0.3, 0.4) is 0 Å². The summed E-state index contributed by atoms with van der Waals surface area (Å²) in [6, 6.07) is 14.0. The maximum atomic E-state index is 13.0. The average Bonchev–Trinajstić information content (AvgIpc) is 2.82. The van der Waals surface area contributed by atoms with Crippen molar-refractivity contribution in [2.24, 2.45) is 5.10 Å². The summed E-state index contributed by atoms with van der Waals surface area (Å²) < 4.78 is 37.1. The fourth-order valence-electron chi connectivity index (χ4n) is 2.94. The lowest BCUT2D eigenvalue weighted by Gasteiger charge is -2.14. The first-order chi connectivity index (χ1) is 16.8. The Morgan fingerprint density at radius 2 is 1.63 bits per heavy atom. The van der Waals surface area contributed by atoms with Gasteiger partial charge in [-0.15, -0.1) is 0 Å². The first-order valence-corrected chi connectivity index (χ1v) is 10.9. The smallest absolute Gasteiger partial charge is 0.262 e. The second kappa shape index (κ2) is 12.5. The predicted octanol–water partition coefficient (Wildman–Crippen LogP) is 4.73. The van der Waals surface area contributed by atoms with Crippen molar-refractivity contribution in [1.82, 2.24) is 5.43 Å². The Balaban J connectivity index is 1.60. The van der Waals surface area contributed by atoms with E-state index in [-0.39, 0.29) is 41.3 Å². The lowest BCUT2D eigenvalue weighted by molar-refractivity contribution is -0.120. The summed E-state index contributed by atoms with van der Waals surface area (Å²) in [5, 5.41) is 6.67. The molecule has 7 nitrogen and oxygen atoms in total. The normalized spacial score (nSPS) is 10.7. The van der Waals surface area contributed by atoms with Crippen LogP contribution in [0.1, 0.15) is 18.1 Å². The third-order valence-electron chi connectivity index (χ3n) is 4.49. The third kappa shape index (κ3) is 8.08. The number of halogens is 3. The average molecular weight is 502 g/mol. The van der Waals surface area contributed by atoms with Crippen molar-refractivity contribution in [3.05, 3.63) is 88.4 Å². The minimum absolute atomic E-state index is 0.0370. The number of anilines is 1. The Kier molecular flexibility index (Phi) is 9.14. The summed E-state index contributed by atoms with van der Waals surface area (Å²) in [4.78, 5) is 24.2. The number of nitrogens with zero attached hydrogens (tertiary/aromatic N) is 1. The van der Waals surface area contributed by atoms with Crippen LogP contribution < -0.4 is 20.2 Å². The highest BCUT2D eigenvalue weighted by molar-refractivity contribution is 6.32. The Morgan fingerprint density at radius 1 is 0.971 bits per heavy atom. The summed E-state index contributed by atoms with van der Waals surface area (Å²) in [7, 11) is 0. The quantitative estimate of drug-likeness (QED) is 0.310. The van der Waals surface area contributed by atoms with E-state index >= 15 is 0 Å². The van der Waals surface area contributed by atoms with E-state index in [9.17, 15) is 18.4 Å². The van der Waals surface area contributed by atoms with Gasteiger partial charge in [-0.2, -0.15) is 5.10 Å². The van der Waals surface area contributed by atoms with Gasteiger partial charge in [0, 0.05) is 5.69 Å². The number of rotatable bonds is 10. The SMILES string of the molecule is CCOc1cc(/C=N/NC(=O)Cc2ccc(F)cc2)cc(Cl)c1OCC(=O)Nc1ccc(F)cc1. The van der Waals surface area contributed by atoms with Gasteiger partial charge in [0.15, 0.2) is 18.1 Å². The highest BCUT2D eigenvalue weighted by Gasteiger charge is 2.14. The molecule has 0 saturated carbocycles. The Labute approximate surface area is 205 Å². The number of amides is 2. The summed E-state index contributed by atoms with van der Waals surface area (Å²) in [6.07, 6.45) is 1.41. The van der Waals surface area contributed by atoms with Crippen molar-refractivity contribution in [3.8, 4) is 11.5 Å². The number of carbonyl (C=O) groups excluding carboxylic acids is 2. The lowest BCUT2D eigenvalue weighted by atomic mass is 10.1. The number of carbonyl (C=O) groups is 2. The molecule has 0 aliphatic carbocycles. The highest BCUT2D eigenvalue weighted by Crippen LogP contribution is 2.36. The molecule has 0 radical (unpaired) electrons. The number of ether oxygens (including phenoxy) is 2. The van der Waals surface area contributed by atoms with Crippen LogP contribution in [0.25, 0.3) is 0 Å². The maximum Gasteiger partial charge on any atom is 0.262 e. The van der Waals surface area contributed by atoms with E-state index in [4.69, 9.17) is 21.1 Å². The zero-order valence-corrected chi connectivity index (χ0v) is 19.4. The number of hydrazone groups is 1. The molecule has 2 amide bonds. The van der Waals surface area contributed by atoms with Crippen LogP contribution in [0.2, 0.25) is 5.02 Å². The summed E-state index contributed by atoms with van der Waals surface area (Å²) in [5.41, 5.74) is 3.97. The zero-order chi connectivity index (χ0) is 25.2. The number of benzene rings is 3. The van der Waals surface area contributed by atoms with Gasteiger partial charge in [-0.05, 0) is 66.6 Å². The van der Waals surface area contributed by atoms with Crippen molar-refractivity contribution in [2.75, 3.05) is 18.5 Å².